The molecule has 0 unspecified atom stereocenters. The predicted molar refractivity (Wildman–Crippen MR) is 88.3 cm³/mol. The summed E-state index contributed by atoms with van der Waals surface area (Å²) in [6.07, 6.45) is -5.54. The standard InChI is InChI=1S/C15H26F5N5O/c1-3-21-14(22-8-13(26)24(2)10-15(18,19)20)23-11-4-6-25(7-5-11)9-12(16)17/h11-12H,3-10H2,1-2H3,(H2,21,22,23). The van der Waals surface area contributed by atoms with Crippen molar-refractivity contribution in [3.05, 3.63) is 0 Å². The van der Waals surface area contributed by atoms with E-state index in [-0.39, 0.29) is 12.6 Å². The second-order valence-corrected chi connectivity index (χ2v) is 6.17. The fraction of sp³-hybridized carbons (Fsp3) is 0.867. The van der Waals surface area contributed by atoms with Gasteiger partial charge in [0, 0.05) is 32.7 Å². The van der Waals surface area contributed by atoms with Crippen molar-refractivity contribution >= 4 is 11.9 Å². The maximum atomic E-state index is 12.4. The molecular formula is C15H26F5N5O. The third-order valence-corrected chi connectivity index (χ3v) is 3.88. The largest absolute Gasteiger partial charge is 0.406 e. The number of carbonyl (C=O) groups excluding carboxylic acids is 1. The normalized spacial score (nSPS) is 17.5. The second-order valence-electron chi connectivity index (χ2n) is 6.17. The maximum absolute atomic E-state index is 12.4. The van der Waals surface area contributed by atoms with Crippen molar-refractivity contribution < 1.29 is 26.7 Å². The van der Waals surface area contributed by atoms with Crippen molar-refractivity contribution in [2.75, 3.05) is 46.3 Å². The van der Waals surface area contributed by atoms with Gasteiger partial charge in [0.1, 0.15) is 13.1 Å². The minimum absolute atomic E-state index is 0.00438. The van der Waals surface area contributed by atoms with Crippen molar-refractivity contribution in [3.63, 3.8) is 0 Å². The highest BCUT2D eigenvalue weighted by Crippen LogP contribution is 2.15. The van der Waals surface area contributed by atoms with Gasteiger partial charge in [-0.3, -0.25) is 9.69 Å². The minimum atomic E-state index is -4.46. The van der Waals surface area contributed by atoms with E-state index >= 15 is 0 Å². The summed E-state index contributed by atoms with van der Waals surface area (Å²) in [6.45, 7) is 1.40. The van der Waals surface area contributed by atoms with Crippen LogP contribution in [0, 0.1) is 0 Å². The van der Waals surface area contributed by atoms with Crippen LogP contribution in [-0.2, 0) is 4.79 Å². The van der Waals surface area contributed by atoms with Crippen molar-refractivity contribution in [1.29, 1.82) is 0 Å². The molecule has 0 aromatic carbocycles. The van der Waals surface area contributed by atoms with Crippen LogP contribution in [0.2, 0.25) is 0 Å². The lowest BCUT2D eigenvalue weighted by molar-refractivity contribution is -0.157. The molecule has 26 heavy (non-hydrogen) atoms. The lowest BCUT2D eigenvalue weighted by Gasteiger charge is -2.32. The summed E-state index contributed by atoms with van der Waals surface area (Å²) in [5.74, 6) is -0.417. The van der Waals surface area contributed by atoms with Crippen molar-refractivity contribution in [2.24, 2.45) is 4.99 Å². The number of nitrogens with zero attached hydrogens (tertiary/aromatic N) is 3. The third kappa shape index (κ3) is 9.16. The van der Waals surface area contributed by atoms with Crippen LogP contribution in [0.4, 0.5) is 22.0 Å². The molecule has 0 aliphatic carbocycles. The molecule has 0 aromatic rings. The Morgan fingerprint density at radius 2 is 1.92 bits per heavy atom. The highest BCUT2D eigenvalue weighted by atomic mass is 19.4. The second kappa shape index (κ2) is 10.5. The van der Waals surface area contributed by atoms with Crippen LogP contribution >= 0.6 is 0 Å². The molecule has 2 N–H and O–H groups in total. The molecule has 152 valence electrons. The fourth-order valence-corrected chi connectivity index (χ4v) is 2.59. The Bertz CT molecular complexity index is 464. The molecule has 1 heterocycles. The zero-order valence-corrected chi connectivity index (χ0v) is 15.0. The molecule has 0 atom stereocenters. The lowest BCUT2D eigenvalue weighted by Crippen LogP contribution is -2.49. The first kappa shape index (κ1) is 22.4. The van der Waals surface area contributed by atoms with E-state index in [1.54, 1.807) is 4.90 Å². The smallest absolute Gasteiger partial charge is 0.357 e. The Kier molecular flexibility index (Phi) is 9.03. The first-order valence-corrected chi connectivity index (χ1v) is 8.46. The highest BCUT2D eigenvalue weighted by molar-refractivity contribution is 5.85. The SMILES string of the molecule is CCNC(=NCC(=O)N(C)CC(F)(F)F)NC1CCN(CC(F)F)CC1. The lowest BCUT2D eigenvalue weighted by atomic mass is 10.1. The van der Waals surface area contributed by atoms with Crippen molar-refractivity contribution in [2.45, 2.75) is 38.4 Å². The number of hydrogen-bond acceptors (Lipinski definition) is 3. The van der Waals surface area contributed by atoms with E-state index in [1.807, 2.05) is 6.92 Å². The van der Waals surface area contributed by atoms with Crippen LogP contribution in [0.25, 0.3) is 0 Å². The number of hydrogen-bond donors (Lipinski definition) is 2. The first-order chi connectivity index (χ1) is 12.1. The molecule has 1 saturated heterocycles. The molecule has 0 saturated carbocycles. The van der Waals surface area contributed by atoms with Crippen LogP contribution in [0.5, 0.6) is 0 Å². The molecule has 11 heteroatoms. The topological polar surface area (TPSA) is 60.0 Å². The number of guanidine groups is 1. The number of halogens is 5. The molecule has 6 nitrogen and oxygen atoms in total. The summed E-state index contributed by atoms with van der Waals surface area (Å²) in [4.78, 5) is 18.0. The van der Waals surface area contributed by atoms with Gasteiger partial charge >= 0.3 is 6.18 Å². The molecule has 0 radical (unpaired) electrons. The van der Waals surface area contributed by atoms with Crippen LogP contribution in [-0.4, -0.2) is 86.6 Å². The molecular weight excluding hydrogens is 361 g/mol. The fourth-order valence-electron chi connectivity index (χ4n) is 2.59. The summed E-state index contributed by atoms with van der Waals surface area (Å²) >= 11 is 0. The summed E-state index contributed by atoms with van der Waals surface area (Å²) in [5, 5.41) is 6.03. The number of likely N-dealkylation sites (tertiary alicyclic amines) is 1. The molecule has 1 aliphatic heterocycles. The van der Waals surface area contributed by atoms with Gasteiger partial charge in [0.2, 0.25) is 5.91 Å². The number of rotatable bonds is 7. The summed E-state index contributed by atoms with van der Waals surface area (Å²) in [6, 6.07) is 0.00438. The first-order valence-electron chi connectivity index (χ1n) is 8.46. The third-order valence-electron chi connectivity index (χ3n) is 3.88. The van der Waals surface area contributed by atoms with E-state index in [0.29, 0.717) is 43.3 Å². The van der Waals surface area contributed by atoms with E-state index in [0.717, 1.165) is 7.05 Å². The number of carbonyl (C=O) groups is 1. The number of likely N-dealkylation sites (N-methyl/N-ethyl adjacent to an activating group) is 1. The zero-order valence-electron chi connectivity index (χ0n) is 15.0. The number of piperidine rings is 1. The molecule has 1 amide bonds. The molecule has 1 fully saturated rings. The maximum Gasteiger partial charge on any atom is 0.406 e. The van der Waals surface area contributed by atoms with E-state index in [2.05, 4.69) is 15.6 Å². The van der Waals surface area contributed by atoms with Gasteiger partial charge in [-0.15, -0.1) is 0 Å². The van der Waals surface area contributed by atoms with Crippen LogP contribution in [0.1, 0.15) is 19.8 Å². The Morgan fingerprint density at radius 1 is 1.31 bits per heavy atom. The summed E-state index contributed by atoms with van der Waals surface area (Å²) in [7, 11) is 1.07. The van der Waals surface area contributed by atoms with Crippen LogP contribution in [0.3, 0.4) is 0 Å². The molecule has 0 aromatic heterocycles. The Hall–Kier alpha value is -1.65. The highest BCUT2D eigenvalue weighted by Gasteiger charge is 2.31. The van der Waals surface area contributed by atoms with E-state index in [1.165, 1.54) is 0 Å². The van der Waals surface area contributed by atoms with E-state index < -0.39 is 31.6 Å². The average molecular weight is 387 g/mol. The van der Waals surface area contributed by atoms with Gasteiger partial charge in [-0.05, 0) is 19.8 Å². The van der Waals surface area contributed by atoms with Crippen molar-refractivity contribution in [1.82, 2.24) is 20.4 Å². The van der Waals surface area contributed by atoms with Gasteiger partial charge in [0.15, 0.2) is 5.96 Å². The minimum Gasteiger partial charge on any atom is -0.357 e. The van der Waals surface area contributed by atoms with Gasteiger partial charge in [-0.25, -0.2) is 13.8 Å². The number of amides is 1. The summed E-state index contributed by atoms with van der Waals surface area (Å²) < 4.78 is 61.7. The van der Waals surface area contributed by atoms with Crippen LogP contribution < -0.4 is 10.6 Å². The quantitative estimate of drug-likeness (QED) is 0.393. The van der Waals surface area contributed by atoms with E-state index in [9.17, 15) is 26.7 Å². The summed E-state index contributed by atoms with van der Waals surface area (Å²) in [5.41, 5.74) is 0. The average Bonchev–Trinajstić information content (AvgIpc) is 2.52. The molecule has 0 bridgehead atoms. The Labute approximate surface area is 149 Å². The number of nitrogens with one attached hydrogen (secondary N) is 2. The molecule has 1 rings (SSSR count). The molecule has 0 spiro atoms. The van der Waals surface area contributed by atoms with Gasteiger partial charge in [0.25, 0.3) is 6.43 Å². The number of alkyl halides is 5. The molecule has 1 aliphatic rings. The zero-order chi connectivity index (χ0) is 19.7. The Balaban J connectivity index is 2.50. The van der Waals surface area contributed by atoms with E-state index in [4.69, 9.17) is 0 Å². The van der Waals surface area contributed by atoms with Gasteiger partial charge in [-0.2, -0.15) is 13.2 Å². The Morgan fingerprint density at radius 3 is 2.42 bits per heavy atom. The van der Waals surface area contributed by atoms with Gasteiger partial charge in [-0.1, -0.05) is 0 Å². The number of aliphatic imine (C=N–C) groups is 1. The monoisotopic (exact) mass is 387 g/mol. The van der Waals surface area contributed by atoms with Crippen molar-refractivity contribution in [3.8, 4) is 0 Å². The van der Waals surface area contributed by atoms with Crippen LogP contribution in [0.15, 0.2) is 4.99 Å². The van der Waals surface area contributed by atoms with Gasteiger partial charge in [0.05, 0.1) is 6.54 Å². The van der Waals surface area contributed by atoms with Gasteiger partial charge < -0.3 is 15.5 Å². The predicted octanol–water partition coefficient (Wildman–Crippen LogP) is 1.29.